The molecule has 1 aliphatic carbocycles. The second-order valence-corrected chi connectivity index (χ2v) is 4.88. The van der Waals surface area contributed by atoms with Crippen LogP contribution in [-0.4, -0.2) is 35.5 Å². The monoisotopic (exact) mass is 264 g/mol. The number of pyridine rings is 1. The number of nitrogens with one attached hydrogen (secondary N) is 1. The molecule has 3 N–H and O–H groups in total. The fraction of sp³-hybridized carbons (Fsp3) is 0.417. The van der Waals surface area contributed by atoms with Crippen LogP contribution in [0.5, 0.6) is 0 Å². The van der Waals surface area contributed by atoms with E-state index < -0.39 is 0 Å². The van der Waals surface area contributed by atoms with E-state index in [1.165, 1.54) is 0 Å². The molecule has 18 heavy (non-hydrogen) atoms. The number of nitrogens with zero attached hydrogens (tertiary/aromatic N) is 2. The van der Waals surface area contributed by atoms with E-state index in [1.54, 1.807) is 30.3 Å². The Morgan fingerprint density at radius 2 is 2.39 bits per heavy atom. The Bertz CT molecular complexity index is 473. The number of aromatic nitrogens is 1. The molecule has 1 aromatic heterocycles. The van der Waals surface area contributed by atoms with E-state index in [9.17, 15) is 4.79 Å². The second-order valence-electron chi connectivity index (χ2n) is 4.44. The van der Waals surface area contributed by atoms with Gasteiger partial charge in [0.1, 0.15) is 10.8 Å². The molecule has 5 nitrogen and oxygen atoms in total. The Hall–Kier alpha value is -1.69. The molecule has 96 valence electrons. The van der Waals surface area contributed by atoms with Crippen molar-refractivity contribution in [3.8, 4) is 0 Å². The molecule has 1 aliphatic rings. The number of rotatable bonds is 5. The lowest BCUT2D eigenvalue weighted by Gasteiger charge is -2.20. The Morgan fingerprint density at radius 1 is 1.67 bits per heavy atom. The van der Waals surface area contributed by atoms with Crippen LogP contribution in [-0.2, 0) is 4.79 Å². The van der Waals surface area contributed by atoms with Crippen LogP contribution in [0.15, 0.2) is 18.3 Å². The summed E-state index contributed by atoms with van der Waals surface area (Å²) in [5.74, 6) is 0.635. The minimum atomic E-state index is -0.000423. The molecule has 0 spiro atoms. The Kier molecular flexibility index (Phi) is 3.76. The van der Waals surface area contributed by atoms with Gasteiger partial charge in [0.25, 0.3) is 0 Å². The van der Waals surface area contributed by atoms with Crippen molar-refractivity contribution in [3.63, 3.8) is 0 Å². The second kappa shape index (κ2) is 5.30. The van der Waals surface area contributed by atoms with Crippen LogP contribution in [0.25, 0.3) is 0 Å². The van der Waals surface area contributed by atoms with Crippen molar-refractivity contribution < 1.29 is 4.79 Å². The summed E-state index contributed by atoms with van der Waals surface area (Å²) >= 11 is 4.97. The first-order chi connectivity index (χ1) is 8.58. The number of carbonyl (C=O) groups is 1. The first kappa shape index (κ1) is 12.8. The summed E-state index contributed by atoms with van der Waals surface area (Å²) in [5.41, 5.74) is 6.33. The summed E-state index contributed by atoms with van der Waals surface area (Å²) in [6, 6.07) is 3.94. The average Bonchev–Trinajstić information content (AvgIpc) is 3.12. The number of carbonyl (C=O) groups excluding carboxylic acids is 1. The Morgan fingerprint density at radius 3 is 3.00 bits per heavy atom. The fourth-order valence-corrected chi connectivity index (χ4v) is 1.84. The maximum Gasteiger partial charge on any atom is 0.239 e. The van der Waals surface area contributed by atoms with Gasteiger partial charge in [0.15, 0.2) is 0 Å². The Balaban J connectivity index is 2.05. The zero-order chi connectivity index (χ0) is 13.1. The van der Waals surface area contributed by atoms with Gasteiger partial charge in [0.2, 0.25) is 5.91 Å². The zero-order valence-electron chi connectivity index (χ0n) is 10.2. The minimum absolute atomic E-state index is 0.000423. The normalized spacial score (nSPS) is 14.1. The number of hydrogen-bond donors (Lipinski definition) is 2. The summed E-state index contributed by atoms with van der Waals surface area (Å²) in [6.07, 6.45) is 3.82. The lowest BCUT2D eigenvalue weighted by Crippen LogP contribution is -2.37. The van der Waals surface area contributed by atoms with Crippen LogP contribution in [0.1, 0.15) is 18.4 Å². The standard InChI is InChI=1S/C12H16N4OS/c1-16(7-10(17)15-8-4-5-8)12-9(11(13)18)3-2-6-14-12/h2-3,6,8H,4-5,7H2,1H3,(H2,13,18)(H,15,17). The first-order valence-electron chi connectivity index (χ1n) is 5.83. The first-order valence-corrected chi connectivity index (χ1v) is 6.24. The van der Waals surface area contributed by atoms with E-state index in [1.807, 2.05) is 0 Å². The van der Waals surface area contributed by atoms with Crippen LogP contribution >= 0.6 is 12.2 Å². The van der Waals surface area contributed by atoms with Gasteiger partial charge in [0, 0.05) is 19.3 Å². The highest BCUT2D eigenvalue weighted by atomic mass is 32.1. The minimum Gasteiger partial charge on any atom is -0.389 e. The predicted molar refractivity (Wildman–Crippen MR) is 74.6 cm³/mol. The van der Waals surface area contributed by atoms with Crippen LogP contribution < -0.4 is 16.0 Å². The van der Waals surface area contributed by atoms with E-state index in [0.29, 0.717) is 17.4 Å². The molecule has 0 aromatic carbocycles. The van der Waals surface area contributed by atoms with Crippen LogP contribution in [0.2, 0.25) is 0 Å². The smallest absolute Gasteiger partial charge is 0.239 e. The van der Waals surface area contributed by atoms with Gasteiger partial charge in [-0.3, -0.25) is 4.79 Å². The molecule has 1 aromatic rings. The molecule has 0 bridgehead atoms. The van der Waals surface area contributed by atoms with Crippen molar-refractivity contribution in [1.82, 2.24) is 10.3 Å². The van der Waals surface area contributed by atoms with Gasteiger partial charge in [0.05, 0.1) is 12.1 Å². The van der Waals surface area contributed by atoms with E-state index >= 15 is 0 Å². The molecule has 2 rings (SSSR count). The van der Waals surface area contributed by atoms with Crippen molar-refractivity contribution in [1.29, 1.82) is 0 Å². The van der Waals surface area contributed by atoms with Crippen LogP contribution in [0, 0.1) is 0 Å². The third-order valence-electron chi connectivity index (χ3n) is 2.74. The zero-order valence-corrected chi connectivity index (χ0v) is 11.0. The number of nitrogens with two attached hydrogens (primary N) is 1. The van der Waals surface area contributed by atoms with Gasteiger partial charge < -0.3 is 16.0 Å². The highest BCUT2D eigenvalue weighted by molar-refractivity contribution is 7.80. The largest absolute Gasteiger partial charge is 0.389 e. The number of amides is 1. The third kappa shape index (κ3) is 3.16. The molecule has 1 heterocycles. The van der Waals surface area contributed by atoms with Crippen molar-refractivity contribution in [3.05, 3.63) is 23.9 Å². The summed E-state index contributed by atoms with van der Waals surface area (Å²) in [5, 5.41) is 2.93. The van der Waals surface area contributed by atoms with Gasteiger partial charge in [-0.15, -0.1) is 0 Å². The lowest BCUT2D eigenvalue weighted by atomic mass is 10.2. The van der Waals surface area contributed by atoms with Gasteiger partial charge in [-0.25, -0.2) is 4.98 Å². The molecule has 0 unspecified atom stereocenters. The molecular weight excluding hydrogens is 248 g/mol. The van der Waals surface area contributed by atoms with E-state index in [4.69, 9.17) is 18.0 Å². The molecule has 0 aliphatic heterocycles. The number of hydrogen-bond acceptors (Lipinski definition) is 4. The van der Waals surface area contributed by atoms with Gasteiger partial charge >= 0.3 is 0 Å². The van der Waals surface area contributed by atoms with Gasteiger partial charge in [-0.2, -0.15) is 0 Å². The summed E-state index contributed by atoms with van der Waals surface area (Å²) < 4.78 is 0. The number of anilines is 1. The SMILES string of the molecule is CN(CC(=O)NC1CC1)c1ncccc1C(N)=S. The molecule has 1 saturated carbocycles. The molecule has 0 radical (unpaired) electrons. The summed E-state index contributed by atoms with van der Waals surface area (Å²) in [7, 11) is 1.80. The van der Waals surface area contributed by atoms with Crippen molar-refractivity contribution in [2.75, 3.05) is 18.5 Å². The van der Waals surface area contributed by atoms with Crippen LogP contribution in [0.3, 0.4) is 0 Å². The fourth-order valence-electron chi connectivity index (χ4n) is 1.68. The maximum absolute atomic E-state index is 11.7. The predicted octanol–water partition coefficient (Wildman–Crippen LogP) is 0.431. The molecule has 0 atom stereocenters. The van der Waals surface area contributed by atoms with Crippen molar-refractivity contribution >= 4 is 28.9 Å². The molecule has 0 saturated heterocycles. The third-order valence-corrected chi connectivity index (χ3v) is 2.96. The van der Waals surface area contributed by atoms with Crippen molar-refractivity contribution in [2.24, 2.45) is 5.73 Å². The quantitative estimate of drug-likeness (QED) is 0.755. The highest BCUT2D eigenvalue weighted by Gasteiger charge is 2.24. The molecular formula is C12H16N4OS. The maximum atomic E-state index is 11.7. The van der Waals surface area contributed by atoms with E-state index in [0.717, 1.165) is 12.8 Å². The number of thiocarbonyl (C=S) groups is 1. The topological polar surface area (TPSA) is 71.2 Å². The Labute approximate surface area is 111 Å². The molecule has 1 amide bonds. The molecule has 6 heteroatoms. The summed E-state index contributed by atoms with van der Waals surface area (Å²) in [6.45, 7) is 0.253. The molecule has 1 fully saturated rings. The lowest BCUT2D eigenvalue weighted by molar-refractivity contribution is -0.119. The van der Waals surface area contributed by atoms with Crippen LogP contribution in [0.4, 0.5) is 5.82 Å². The number of likely N-dealkylation sites (N-methyl/N-ethyl adjacent to an activating group) is 1. The van der Waals surface area contributed by atoms with E-state index in [2.05, 4.69) is 10.3 Å². The van der Waals surface area contributed by atoms with Gasteiger partial charge in [-0.1, -0.05) is 12.2 Å². The summed E-state index contributed by atoms with van der Waals surface area (Å²) in [4.78, 5) is 18.0. The van der Waals surface area contributed by atoms with Crippen molar-refractivity contribution in [2.45, 2.75) is 18.9 Å². The highest BCUT2D eigenvalue weighted by Crippen LogP contribution is 2.19. The van der Waals surface area contributed by atoms with E-state index in [-0.39, 0.29) is 17.4 Å². The van der Waals surface area contributed by atoms with Gasteiger partial charge in [-0.05, 0) is 25.0 Å². The average molecular weight is 264 g/mol.